The minimum atomic E-state index is -0.681. The number of fused-ring (bicyclic) bond motifs is 1. The second-order valence-corrected chi connectivity index (χ2v) is 5.89. The second-order valence-electron chi connectivity index (χ2n) is 4.12. The highest BCUT2D eigenvalue weighted by atomic mass is 35.5. The maximum absolute atomic E-state index is 9.31. The first-order chi connectivity index (χ1) is 7.70. The Morgan fingerprint density at radius 2 is 2.44 bits per heavy atom. The summed E-state index contributed by atoms with van der Waals surface area (Å²) in [5.74, 6) is 0. The Morgan fingerprint density at radius 3 is 3.19 bits per heavy atom. The summed E-state index contributed by atoms with van der Waals surface area (Å²) in [5.41, 5.74) is 1.27. The molecule has 0 fully saturated rings. The van der Waals surface area contributed by atoms with Crippen LogP contribution in [0.1, 0.15) is 29.3 Å². The molecule has 1 aliphatic rings. The Kier molecular flexibility index (Phi) is 4.21. The average Bonchev–Trinajstić information content (AvgIpc) is 2.66. The quantitative estimate of drug-likeness (QED) is 0.774. The lowest BCUT2D eigenvalue weighted by Crippen LogP contribution is -2.33. The Balaban J connectivity index is 2.01. The van der Waals surface area contributed by atoms with Crippen molar-refractivity contribution in [1.29, 1.82) is 0 Å². The molecule has 2 atom stereocenters. The van der Waals surface area contributed by atoms with Crippen LogP contribution in [-0.4, -0.2) is 29.5 Å². The van der Waals surface area contributed by atoms with Gasteiger partial charge in [0.1, 0.15) is 0 Å². The van der Waals surface area contributed by atoms with Crippen molar-refractivity contribution in [2.24, 2.45) is 0 Å². The summed E-state index contributed by atoms with van der Waals surface area (Å²) >= 11 is 7.66. The van der Waals surface area contributed by atoms with Gasteiger partial charge in [-0.05, 0) is 30.9 Å². The van der Waals surface area contributed by atoms with Gasteiger partial charge in [0.25, 0.3) is 0 Å². The molecule has 0 amide bonds. The van der Waals surface area contributed by atoms with Crippen LogP contribution in [0, 0.1) is 0 Å². The number of hydrogen-bond donors (Lipinski definition) is 3. The van der Waals surface area contributed by atoms with Gasteiger partial charge in [0.05, 0.1) is 17.0 Å². The van der Waals surface area contributed by atoms with Gasteiger partial charge in [-0.1, -0.05) is 11.6 Å². The first-order valence-electron chi connectivity index (χ1n) is 5.51. The molecule has 16 heavy (non-hydrogen) atoms. The van der Waals surface area contributed by atoms with E-state index in [1.165, 1.54) is 10.4 Å². The zero-order valence-corrected chi connectivity index (χ0v) is 10.5. The van der Waals surface area contributed by atoms with Crippen LogP contribution in [0.3, 0.4) is 0 Å². The molecule has 1 aromatic heterocycles. The molecule has 1 aliphatic carbocycles. The van der Waals surface area contributed by atoms with E-state index in [0.29, 0.717) is 6.54 Å². The van der Waals surface area contributed by atoms with Crippen LogP contribution < -0.4 is 5.32 Å². The van der Waals surface area contributed by atoms with Gasteiger partial charge in [-0.15, -0.1) is 11.3 Å². The molecular weight excluding hydrogens is 246 g/mol. The molecule has 2 rings (SSSR count). The van der Waals surface area contributed by atoms with E-state index in [1.54, 1.807) is 11.3 Å². The molecule has 5 heteroatoms. The number of aliphatic hydroxyl groups is 2. The summed E-state index contributed by atoms with van der Waals surface area (Å²) in [6.07, 6.45) is 2.64. The molecule has 3 N–H and O–H groups in total. The number of aryl methyl sites for hydroxylation is 1. The Morgan fingerprint density at radius 1 is 1.62 bits per heavy atom. The maximum atomic E-state index is 9.31. The van der Waals surface area contributed by atoms with Crippen molar-refractivity contribution in [3.8, 4) is 0 Å². The van der Waals surface area contributed by atoms with Gasteiger partial charge >= 0.3 is 0 Å². The highest BCUT2D eigenvalue weighted by molar-refractivity contribution is 7.16. The van der Waals surface area contributed by atoms with Crippen molar-refractivity contribution < 1.29 is 10.2 Å². The van der Waals surface area contributed by atoms with E-state index in [9.17, 15) is 5.11 Å². The lowest BCUT2D eigenvalue weighted by molar-refractivity contribution is 0.0912. The largest absolute Gasteiger partial charge is 0.394 e. The zero-order chi connectivity index (χ0) is 11.5. The van der Waals surface area contributed by atoms with Crippen molar-refractivity contribution >= 4 is 22.9 Å². The first-order valence-corrected chi connectivity index (χ1v) is 6.70. The van der Waals surface area contributed by atoms with Crippen LogP contribution in [0.4, 0.5) is 0 Å². The molecule has 1 aromatic rings. The number of hydrogen-bond acceptors (Lipinski definition) is 4. The van der Waals surface area contributed by atoms with Crippen molar-refractivity contribution in [2.45, 2.75) is 31.4 Å². The number of nitrogens with one attached hydrogen (secondary N) is 1. The van der Waals surface area contributed by atoms with Gasteiger partial charge in [0.15, 0.2) is 0 Å². The Hall–Kier alpha value is -0.130. The molecule has 0 spiro atoms. The number of halogens is 1. The van der Waals surface area contributed by atoms with E-state index in [0.717, 1.165) is 23.6 Å². The van der Waals surface area contributed by atoms with Crippen molar-refractivity contribution in [3.05, 3.63) is 20.8 Å². The van der Waals surface area contributed by atoms with Crippen LogP contribution in [-0.2, 0) is 6.42 Å². The Labute approximate surface area is 104 Å². The topological polar surface area (TPSA) is 52.5 Å². The van der Waals surface area contributed by atoms with E-state index < -0.39 is 6.10 Å². The monoisotopic (exact) mass is 261 g/mol. The third-order valence-electron chi connectivity index (χ3n) is 2.89. The third kappa shape index (κ3) is 2.76. The fourth-order valence-corrected chi connectivity index (χ4v) is 3.46. The highest BCUT2D eigenvalue weighted by Gasteiger charge is 2.22. The molecule has 3 nitrogen and oxygen atoms in total. The fraction of sp³-hybridized carbons (Fsp3) is 0.636. The molecule has 0 saturated heterocycles. The van der Waals surface area contributed by atoms with Gasteiger partial charge in [0, 0.05) is 17.5 Å². The standard InChI is InChI=1S/C11H16ClNO2S/c12-11-4-8-9(13-5-7(15)6-14)2-1-3-10(8)16-11/h4,7,9,13-15H,1-3,5-6H2. The van der Waals surface area contributed by atoms with E-state index >= 15 is 0 Å². The van der Waals surface area contributed by atoms with Crippen LogP contribution >= 0.6 is 22.9 Å². The predicted molar refractivity (Wildman–Crippen MR) is 66.1 cm³/mol. The highest BCUT2D eigenvalue weighted by Crippen LogP contribution is 2.37. The van der Waals surface area contributed by atoms with Crippen LogP contribution in [0.2, 0.25) is 4.34 Å². The van der Waals surface area contributed by atoms with Crippen molar-refractivity contribution in [2.75, 3.05) is 13.2 Å². The second kappa shape index (κ2) is 5.47. The van der Waals surface area contributed by atoms with E-state index in [-0.39, 0.29) is 12.6 Å². The fourth-order valence-electron chi connectivity index (χ4n) is 2.08. The summed E-state index contributed by atoms with van der Waals surface area (Å²) < 4.78 is 0.835. The van der Waals surface area contributed by atoms with Crippen molar-refractivity contribution in [1.82, 2.24) is 5.32 Å². The van der Waals surface area contributed by atoms with E-state index in [1.807, 2.05) is 6.07 Å². The van der Waals surface area contributed by atoms with E-state index in [2.05, 4.69) is 5.32 Å². The SMILES string of the molecule is OCC(O)CNC1CCCc2sc(Cl)cc21. The van der Waals surface area contributed by atoms with Gasteiger partial charge in [0.2, 0.25) is 0 Å². The number of thiophene rings is 1. The third-order valence-corrected chi connectivity index (χ3v) is 4.23. The average molecular weight is 262 g/mol. The molecule has 0 bridgehead atoms. The molecule has 0 aromatic carbocycles. The predicted octanol–water partition coefficient (Wildman–Crippen LogP) is 1.72. The summed E-state index contributed by atoms with van der Waals surface area (Å²) in [6.45, 7) is 0.227. The summed E-state index contributed by atoms with van der Waals surface area (Å²) in [6, 6.07) is 2.29. The summed E-state index contributed by atoms with van der Waals surface area (Å²) in [5, 5.41) is 21.3. The number of aliphatic hydroxyl groups excluding tert-OH is 2. The normalized spacial score (nSPS) is 21.8. The molecule has 90 valence electrons. The minimum Gasteiger partial charge on any atom is -0.394 e. The molecule has 0 radical (unpaired) electrons. The maximum Gasteiger partial charge on any atom is 0.0934 e. The molecular formula is C11H16ClNO2S. The zero-order valence-electron chi connectivity index (χ0n) is 8.95. The van der Waals surface area contributed by atoms with Crippen LogP contribution in [0.5, 0.6) is 0 Å². The first kappa shape index (κ1) is 12.3. The summed E-state index contributed by atoms with van der Waals surface area (Å²) in [7, 11) is 0. The van der Waals surface area contributed by atoms with E-state index in [4.69, 9.17) is 16.7 Å². The molecule has 2 unspecified atom stereocenters. The van der Waals surface area contributed by atoms with Crippen LogP contribution in [0.15, 0.2) is 6.07 Å². The van der Waals surface area contributed by atoms with Crippen LogP contribution in [0.25, 0.3) is 0 Å². The molecule has 0 saturated carbocycles. The number of rotatable bonds is 4. The lowest BCUT2D eigenvalue weighted by atomic mass is 9.94. The van der Waals surface area contributed by atoms with Gasteiger partial charge in [-0.2, -0.15) is 0 Å². The molecule has 0 aliphatic heterocycles. The van der Waals surface area contributed by atoms with Gasteiger partial charge in [-0.25, -0.2) is 0 Å². The smallest absolute Gasteiger partial charge is 0.0934 e. The minimum absolute atomic E-state index is 0.197. The van der Waals surface area contributed by atoms with Gasteiger partial charge in [-0.3, -0.25) is 0 Å². The lowest BCUT2D eigenvalue weighted by Gasteiger charge is -2.24. The van der Waals surface area contributed by atoms with Gasteiger partial charge < -0.3 is 15.5 Å². The summed E-state index contributed by atoms with van der Waals surface area (Å²) in [4.78, 5) is 1.35. The molecule has 1 heterocycles. The van der Waals surface area contributed by atoms with Crippen molar-refractivity contribution in [3.63, 3.8) is 0 Å². The Bertz CT molecular complexity index is 356.